The van der Waals surface area contributed by atoms with E-state index in [0.717, 1.165) is 11.1 Å². The Kier molecular flexibility index (Phi) is 6.78. The van der Waals surface area contributed by atoms with Crippen molar-refractivity contribution in [1.82, 2.24) is 5.06 Å². The van der Waals surface area contributed by atoms with Crippen LogP contribution >= 0.6 is 0 Å². The molecule has 23 heavy (non-hydrogen) atoms. The predicted molar refractivity (Wildman–Crippen MR) is 89.5 cm³/mol. The second-order valence-corrected chi connectivity index (χ2v) is 5.51. The van der Waals surface area contributed by atoms with Crippen LogP contribution in [0.3, 0.4) is 0 Å². The average Bonchev–Trinajstić information content (AvgIpc) is 2.57. The van der Waals surface area contributed by atoms with Crippen molar-refractivity contribution in [2.24, 2.45) is 5.92 Å². The van der Waals surface area contributed by atoms with E-state index in [9.17, 15) is 4.79 Å². The summed E-state index contributed by atoms with van der Waals surface area (Å²) in [5, 5.41) is 11.0. The summed E-state index contributed by atoms with van der Waals surface area (Å²) in [4.78, 5) is 17.0. The molecular weight excluding hydrogens is 290 g/mol. The molecule has 0 aliphatic carbocycles. The molecule has 0 saturated carbocycles. The van der Waals surface area contributed by atoms with Crippen molar-refractivity contribution in [2.45, 2.75) is 26.4 Å². The monoisotopic (exact) mass is 313 g/mol. The molecule has 0 heterocycles. The van der Waals surface area contributed by atoms with Gasteiger partial charge in [-0.1, -0.05) is 67.6 Å². The predicted octanol–water partition coefficient (Wildman–Crippen LogP) is 3.73. The van der Waals surface area contributed by atoms with E-state index in [1.807, 2.05) is 72.7 Å². The Bertz CT molecular complexity index is 545. The molecule has 122 valence electrons. The Morgan fingerprint density at radius 3 is 1.87 bits per heavy atom. The lowest BCUT2D eigenvalue weighted by atomic mass is 10.1. The number of carboxylic acids is 1. The standard InChI is InChI=1S/C19H23NO3/c1-2-18(19(21)22)15-23-20(13-16-9-5-3-6-10-16)14-17-11-7-4-8-12-17/h3-12,18H,2,13-15H2,1H3,(H,21,22). The highest BCUT2D eigenvalue weighted by molar-refractivity contribution is 5.69. The molecule has 2 rings (SSSR count). The lowest BCUT2D eigenvalue weighted by Crippen LogP contribution is -2.28. The summed E-state index contributed by atoms with van der Waals surface area (Å²) in [6.07, 6.45) is 0.555. The summed E-state index contributed by atoms with van der Waals surface area (Å²) in [5.41, 5.74) is 2.26. The van der Waals surface area contributed by atoms with Crippen LogP contribution in [0, 0.1) is 5.92 Å². The summed E-state index contributed by atoms with van der Waals surface area (Å²) in [6, 6.07) is 20.1. The molecule has 4 heteroatoms. The van der Waals surface area contributed by atoms with Crippen LogP contribution in [-0.2, 0) is 22.7 Å². The van der Waals surface area contributed by atoms with Gasteiger partial charge in [-0.25, -0.2) is 0 Å². The molecule has 1 N–H and O–H groups in total. The summed E-state index contributed by atoms with van der Waals surface area (Å²) in [6.45, 7) is 3.28. The van der Waals surface area contributed by atoms with Gasteiger partial charge in [0.1, 0.15) is 0 Å². The Balaban J connectivity index is 2.03. The largest absolute Gasteiger partial charge is 0.481 e. The highest BCUT2D eigenvalue weighted by atomic mass is 16.7. The first-order valence-electron chi connectivity index (χ1n) is 7.87. The topological polar surface area (TPSA) is 49.8 Å². The zero-order valence-electron chi connectivity index (χ0n) is 13.4. The van der Waals surface area contributed by atoms with E-state index >= 15 is 0 Å². The molecule has 0 fully saturated rings. The number of rotatable bonds is 9. The fourth-order valence-electron chi connectivity index (χ4n) is 2.28. The van der Waals surface area contributed by atoms with Gasteiger partial charge >= 0.3 is 5.97 Å². The van der Waals surface area contributed by atoms with Crippen LogP contribution in [0.5, 0.6) is 0 Å². The molecule has 0 radical (unpaired) electrons. The third-order valence-electron chi connectivity index (χ3n) is 3.70. The zero-order valence-corrected chi connectivity index (χ0v) is 13.4. The normalized spacial score (nSPS) is 12.3. The minimum absolute atomic E-state index is 0.186. The average molecular weight is 313 g/mol. The number of aliphatic carboxylic acids is 1. The van der Waals surface area contributed by atoms with Gasteiger partial charge in [-0.2, -0.15) is 5.06 Å². The van der Waals surface area contributed by atoms with Crippen LogP contribution < -0.4 is 0 Å². The second-order valence-electron chi connectivity index (χ2n) is 5.51. The lowest BCUT2D eigenvalue weighted by molar-refractivity contribution is -0.190. The van der Waals surface area contributed by atoms with Crippen LogP contribution in [0.4, 0.5) is 0 Å². The molecule has 0 saturated heterocycles. The highest BCUT2D eigenvalue weighted by Crippen LogP contribution is 2.13. The van der Waals surface area contributed by atoms with Crippen LogP contribution in [0.25, 0.3) is 0 Å². The van der Waals surface area contributed by atoms with Crippen LogP contribution in [0.1, 0.15) is 24.5 Å². The Labute approximate surface area is 137 Å². The maximum absolute atomic E-state index is 11.2. The zero-order chi connectivity index (χ0) is 16.5. The van der Waals surface area contributed by atoms with Crippen molar-refractivity contribution in [3.63, 3.8) is 0 Å². The number of hydrogen-bond acceptors (Lipinski definition) is 3. The number of hydroxylamine groups is 2. The quantitative estimate of drug-likeness (QED) is 0.717. The van der Waals surface area contributed by atoms with Crippen molar-refractivity contribution in [3.8, 4) is 0 Å². The van der Waals surface area contributed by atoms with E-state index in [-0.39, 0.29) is 6.61 Å². The smallest absolute Gasteiger partial charge is 0.308 e. The molecule has 2 aromatic rings. The minimum Gasteiger partial charge on any atom is -0.481 e. The first-order valence-corrected chi connectivity index (χ1v) is 7.87. The summed E-state index contributed by atoms with van der Waals surface area (Å²) < 4.78 is 0. The maximum Gasteiger partial charge on any atom is 0.308 e. The second kappa shape index (κ2) is 9.08. The fraction of sp³-hybridized carbons (Fsp3) is 0.316. The fourth-order valence-corrected chi connectivity index (χ4v) is 2.28. The number of carboxylic acid groups (broad SMARTS) is 1. The minimum atomic E-state index is -0.813. The van der Waals surface area contributed by atoms with Crippen molar-refractivity contribution in [3.05, 3.63) is 71.8 Å². The van der Waals surface area contributed by atoms with E-state index in [1.54, 1.807) is 0 Å². The molecular formula is C19H23NO3. The van der Waals surface area contributed by atoms with Crippen LogP contribution in [-0.4, -0.2) is 22.7 Å². The van der Waals surface area contributed by atoms with Gasteiger partial charge in [0.15, 0.2) is 0 Å². The summed E-state index contributed by atoms with van der Waals surface area (Å²) >= 11 is 0. The molecule has 0 aromatic heterocycles. The lowest BCUT2D eigenvalue weighted by Gasteiger charge is -2.23. The van der Waals surface area contributed by atoms with Gasteiger partial charge in [-0.15, -0.1) is 0 Å². The molecule has 0 spiro atoms. The summed E-state index contributed by atoms with van der Waals surface area (Å²) in [7, 11) is 0. The summed E-state index contributed by atoms with van der Waals surface area (Å²) in [5.74, 6) is -1.30. The molecule has 0 amide bonds. The van der Waals surface area contributed by atoms with Crippen molar-refractivity contribution in [1.29, 1.82) is 0 Å². The number of carbonyl (C=O) groups is 1. The van der Waals surface area contributed by atoms with Gasteiger partial charge in [0.25, 0.3) is 0 Å². The van der Waals surface area contributed by atoms with Gasteiger partial charge < -0.3 is 5.11 Å². The molecule has 0 aliphatic heterocycles. The van der Waals surface area contributed by atoms with E-state index in [2.05, 4.69) is 0 Å². The van der Waals surface area contributed by atoms with Crippen molar-refractivity contribution in [2.75, 3.05) is 6.61 Å². The number of benzene rings is 2. The van der Waals surface area contributed by atoms with Crippen LogP contribution in [0.15, 0.2) is 60.7 Å². The van der Waals surface area contributed by atoms with Gasteiger partial charge in [0, 0.05) is 13.1 Å². The highest BCUT2D eigenvalue weighted by Gasteiger charge is 2.18. The van der Waals surface area contributed by atoms with Crippen LogP contribution in [0.2, 0.25) is 0 Å². The molecule has 0 bridgehead atoms. The maximum atomic E-state index is 11.2. The van der Waals surface area contributed by atoms with Gasteiger partial charge in [0.05, 0.1) is 12.5 Å². The number of hydrogen-bond donors (Lipinski definition) is 1. The van der Waals surface area contributed by atoms with E-state index < -0.39 is 11.9 Å². The first-order chi connectivity index (χ1) is 11.2. The number of nitrogens with zero attached hydrogens (tertiary/aromatic N) is 1. The molecule has 1 unspecified atom stereocenters. The Morgan fingerprint density at radius 1 is 1.00 bits per heavy atom. The third kappa shape index (κ3) is 5.85. The molecule has 4 nitrogen and oxygen atoms in total. The first kappa shape index (κ1) is 17.2. The van der Waals surface area contributed by atoms with Gasteiger partial charge in [-0.05, 0) is 17.5 Å². The molecule has 1 atom stereocenters. The molecule has 0 aliphatic rings. The van der Waals surface area contributed by atoms with E-state index in [1.165, 1.54) is 0 Å². The Hall–Kier alpha value is -2.17. The third-order valence-corrected chi connectivity index (χ3v) is 3.70. The SMILES string of the molecule is CCC(CON(Cc1ccccc1)Cc1ccccc1)C(=O)O. The van der Waals surface area contributed by atoms with Gasteiger partial charge in [0.2, 0.25) is 0 Å². The van der Waals surface area contributed by atoms with Gasteiger partial charge in [-0.3, -0.25) is 9.63 Å². The van der Waals surface area contributed by atoms with E-state index in [0.29, 0.717) is 19.5 Å². The Morgan fingerprint density at radius 2 is 1.48 bits per heavy atom. The molecule has 2 aromatic carbocycles. The van der Waals surface area contributed by atoms with Crippen molar-refractivity contribution < 1.29 is 14.7 Å². The van der Waals surface area contributed by atoms with Crippen molar-refractivity contribution >= 4 is 5.97 Å². The van der Waals surface area contributed by atoms with E-state index in [4.69, 9.17) is 9.94 Å².